The van der Waals surface area contributed by atoms with Gasteiger partial charge in [0.15, 0.2) is 0 Å². The van der Waals surface area contributed by atoms with Gasteiger partial charge in [-0.15, -0.1) is 0 Å². The molecule has 0 amide bonds. The van der Waals surface area contributed by atoms with Gasteiger partial charge in [0.2, 0.25) is 0 Å². The van der Waals surface area contributed by atoms with Crippen LogP contribution in [-0.4, -0.2) is 41.6 Å². The Morgan fingerprint density at radius 3 is 2.72 bits per heavy atom. The highest BCUT2D eigenvalue weighted by atomic mass is 35.5. The minimum Gasteiger partial charge on any atom is -0.465 e. The molecule has 2 bridgehead atoms. The van der Waals surface area contributed by atoms with E-state index < -0.39 is 11.8 Å². The first kappa shape index (κ1) is 23.5. The van der Waals surface area contributed by atoms with E-state index in [2.05, 4.69) is 22.6 Å². The number of benzene rings is 2. The molecule has 3 fully saturated rings. The van der Waals surface area contributed by atoms with E-state index in [1.54, 1.807) is 6.07 Å². The van der Waals surface area contributed by atoms with E-state index in [0.29, 0.717) is 29.5 Å². The van der Waals surface area contributed by atoms with Crippen molar-refractivity contribution in [2.75, 3.05) is 18.6 Å². The van der Waals surface area contributed by atoms with Gasteiger partial charge in [-0.3, -0.25) is 0 Å². The summed E-state index contributed by atoms with van der Waals surface area (Å²) >= 11 is 6.58. The maximum atomic E-state index is 14.5. The number of piperidine rings is 1. The van der Waals surface area contributed by atoms with Crippen molar-refractivity contribution in [3.05, 3.63) is 75.8 Å². The Balaban J connectivity index is 1.17. The molecule has 1 aliphatic heterocycles. The Bertz CT molecular complexity index is 1300. The molecule has 2 aliphatic carbocycles. The molecule has 2 heterocycles. The Morgan fingerprint density at radius 2 is 2.06 bits per heavy atom. The van der Waals surface area contributed by atoms with Crippen molar-refractivity contribution in [3.63, 3.8) is 0 Å². The molecule has 3 aromatic rings. The lowest BCUT2D eigenvalue weighted by Crippen LogP contribution is -2.38. The van der Waals surface area contributed by atoms with Crippen LogP contribution in [0.3, 0.4) is 0 Å². The lowest BCUT2D eigenvalue weighted by atomic mass is 10.0. The van der Waals surface area contributed by atoms with Crippen molar-refractivity contribution in [1.29, 1.82) is 0 Å². The highest BCUT2D eigenvalue weighted by Gasteiger charge is 2.45. The van der Waals surface area contributed by atoms with Crippen LogP contribution in [0.1, 0.15) is 58.8 Å². The van der Waals surface area contributed by atoms with Crippen molar-refractivity contribution in [3.8, 4) is 5.69 Å². The molecular formula is C28H29ClFN3O3. The first-order chi connectivity index (χ1) is 17.4. The molecule has 2 aromatic carbocycles. The largest absolute Gasteiger partial charge is 0.465 e. The topological polar surface area (TPSA) is 56.6 Å². The summed E-state index contributed by atoms with van der Waals surface area (Å²) in [5, 5.41) is 5.41. The van der Waals surface area contributed by atoms with Crippen LogP contribution in [0.25, 0.3) is 5.69 Å². The van der Waals surface area contributed by atoms with Crippen LogP contribution in [0.2, 0.25) is 5.02 Å². The summed E-state index contributed by atoms with van der Waals surface area (Å²) < 4.78 is 27.7. The zero-order valence-corrected chi connectivity index (χ0v) is 21.2. The molecule has 6 rings (SSSR count). The van der Waals surface area contributed by atoms with E-state index in [1.165, 1.54) is 37.6 Å². The van der Waals surface area contributed by atoms with Crippen LogP contribution in [0, 0.1) is 18.7 Å². The van der Waals surface area contributed by atoms with E-state index in [9.17, 15) is 9.18 Å². The van der Waals surface area contributed by atoms with Crippen molar-refractivity contribution >= 4 is 23.3 Å². The first-order valence-electron chi connectivity index (χ1n) is 12.5. The van der Waals surface area contributed by atoms with E-state index in [4.69, 9.17) is 21.4 Å². The fourth-order valence-electron chi connectivity index (χ4n) is 5.92. The number of esters is 1. The zero-order chi connectivity index (χ0) is 25.0. The molecule has 6 nitrogen and oxygen atoms in total. The smallest absolute Gasteiger partial charge is 0.340 e. The van der Waals surface area contributed by atoms with Gasteiger partial charge in [0.1, 0.15) is 5.82 Å². The molecule has 0 N–H and O–H groups in total. The zero-order valence-electron chi connectivity index (χ0n) is 20.4. The Morgan fingerprint density at radius 1 is 1.22 bits per heavy atom. The van der Waals surface area contributed by atoms with Crippen LogP contribution in [0.15, 0.2) is 42.6 Å². The van der Waals surface area contributed by atoms with Gasteiger partial charge >= 0.3 is 5.97 Å². The third-order valence-corrected chi connectivity index (χ3v) is 8.22. The predicted octanol–water partition coefficient (Wildman–Crippen LogP) is 5.82. The van der Waals surface area contributed by atoms with Crippen molar-refractivity contribution in [2.24, 2.45) is 5.92 Å². The third kappa shape index (κ3) is 4.08. The standard InChI is InChI=1S/C28H29ClFN3O3/c1-16-4-3-5-23(29)27(16)33-25(22(13-31-33)17-6-7-17)15-36-26-12-20-10-18(26)14-32(20)19-8-9-21(24(30)11-19)28(34)35-2/h3-5,8-9,11,13,17-18,20,26H,6-7,10,12,14-15H2,1-2H3/t18-,20-,26+/m0/s1. The molecule has 188 valence electrons. The van der Waals surface area contributed by atoms with E-state index >= 15 is 0 Å². The predicted molar refractivity (Wildman–Crippen MR) is 135 cm³/mol. The summed E-state index contributed by atoms with van der Waals surface area (Å²) in [5.74, 6) is -0.280. The van der Waals surface area contributed by atoms with Gasteiger partial charge in [-0.1, -0.05) is 23.7 Å². The number of nitrogens with zero attached hydrogens (tertiary/aromatic N) is 3. The number of methoxy groups -OCH3 is 1. The summed E-state index contributed by atoms with van der Waals surface area (Å²) in [6.07, 6.45) is 6.41. The highest BCUT2D eigenvalue weighted by molar-refractivity contribution is 6.32. The molecule has 3 atom stereocenters. The fraction of sp³-hybridized carbons (Fsp3) is 0.429. The second kappa shape index (κ2) is 9.20. The maximum absolute atomic E-state index is 14.5. The van der Waals surface area contributed by atoms with Crippen molar-refractivity contribution in [2.45, 2.75) is 57.3 Å². The molecule has 0 radical (unpaired) electrons. The van der Waals surface area contributed by atoms with E-state index in [0.717, 1.165) is 42.0 Å². The number of hydrogen-bond acceptors (Lipinski definition) is 5. The van der Waals surface area contributed by atoms with Gasteiger partial charge in [0, 0.05) is 24.2 Å². The van der Waals surface area contributed by atoms with Gasteiger partial charge in [0.25, 0.3) is 0 Å². The molecule has 3 aliphatic rings. The minimum atomic E-state index is -0.660. The number of carbonyl (C=O) groups is 1. The number of aryl methyl sites for hydroxylation is 1. The number of ether oxygens (including phenoxy) is 2. The van der Waals surface area contributed by atoms with E-state index in [1.807, 2.05) is 23.0 Å². The second-order valence-electron chi connectivity index (χ2n) is 10.2. The van der Waals surface area contributed by atoms with Gasteiger partial charge in [-0.2, -0.15) is 5.10 Å². The number of hydrogen-bond donors (Lipinski definition) is 0. The number of carbonyl (C=O) groups excluding carboxylic acids is 1. The quantitative estimate of drug-likeness (QED) is 0.375. The summed E-state index contributed by atoms with van der Waals surface area (Å²) in [6, 6.07) is 11.0. The maximum Gasteiger partial charge on any atom is 0.340 e. The summed E-state index contributed by atoms with van der Waals surface area (Å²) in [7, 11) is 1.26. The molecule has 1 aromatic heterocycles. The molecule has 36 heavy (non-hydrogen) atoms. The van der Waals surface area contributed by atoms with Gasteiger partial charge < -0.3 is 14.4 Å². The lowest BCUT2D eigenvalue weighted by Gasteiger charge is -2.33. The third-order valence-electron chi connectivity index (χ3n) is 7.92. The average molecular weight is 510 g/mol. The highest BCUT2D eigenvalue weighted by Crippen LogP contribution is 2.45. The summed E-state index contributed by atoms with van der Waals surface area (Å²) in [4.78, 5) is 14.0. The average Bonchev–Trinajstić information content (AvgIpc) is 3.32. The Kier molecular flexibility index (Phi) is 6.00. The molecule has 0 unspecified atom stereocenters. The number of rotatable bonds is 7. The van der Waals surface area contributed by atoms with Crippen molar-refractivity contribution in [1.82, 2.24) is 9.78 Å². The van der Waals surface area contributed by atoms with E-state index in [-0.39, 0.29) is 11.7 Å². The lowest BCUT2D eigenvalue weighted by molar-refractivity contribution is 0.00992. The van der Waals surface area contributed by atoms with Crippen LogP contribution in [-0.2, 0) is 16.1 Å². The number of para-hydroxylation sites is 1. The van der Waals surface area contributed by atoms with Gasteiger partial charge in [-0.25, -0.2) is 13.9 Å². The van der Waals surface area contributed by atoms with Crippen LogP contribution in [0.5, 0.6) is 0 Å². The number of fused-ring (bicyclic) bond motifs is 2. The molecule has 2 saturated carbocycles. The van der Waals surface area contributed by atoms with Gasteiger partial charge in [0.05, 0.1) is 48.0 Å². The molecular weight excluding hydrogens is 481 g/mol. The van der Waals surface area contributed by atoms with Crippen LogP contribution in [0.4, 0.5) is 10.1 Å². The van der Waals surface area contributed by atoms with Crippen molar-refractivity contribution < 1.29 is 18.7 Å². The van der Waals surface area contributed by atoms with Gasteiger partial charge in [-0.05, 0) is 73.9 Å². The Labute approximate surface area is 214 Å². The molecule has 0 spiro atoms. The Hall–Kier alpha value is -2.90. The molecule has 8 heteroatoms. The molecule has 1 saturated heterocycles. The summed E-state index contributed by atoms with van der Waals surface area (Å²) in [6.45, 7) is 3.35. The van der Waals surface area contributed by atoms with Crippen LogP contribution < -0.4 is 4.90 Å². The van der Waals surface area contributed by atoms with Crippen LogP contribution >= 0.6 is 11.6 Å². The monoisotopic (exact) mass is 509 g/mol. The SMILES string of the molecule is COC(=O)c1ccc(N2C[C@@H]3C[C@H]2C[C@H]3OCc2c(C3CC3)cnn2-c2c(C)cccc2Cl)cc1F. The number of anilines is 1. The minimum absolute atomic E-state index is 0.0383. The normalized spacial score (nSPS) is 22.9. The number of halogens is 2. The number of aromatic nitrogens is 2. The summed E-state index contributed by atoms with van der Waals surface area (Å²) in [5.41, 5.74) is 5.11. The first-order valence-corrected chi connectivity index (χ1v) is 12.9. The second-order valence-corrected chi connectivity index (χ2v) is 10.6. The fourth-order valence-corrected chi connectivity index (χ4v) is 6.22.